The first-order valence-electron chi connectivity index (χ1n) is 7.11. The molecule has 0 radical (unpaired) electrons. The highest BCUT2D eigenvalue weighted by Crippen LogP contribution is 2.27. The fourth-order valence-corrected chi connectivity index (χ4v) is 2.89. The molecule has 2 aromatic carbocycles. The number of rotatable bonds is 5. The van der Waals surface area contributed by atoms with Crippen molar-refractivity contribution in [1.82, 2.24) is 0 Å². The third-order valence-electron chi connectivity index (χ3n) is 3.67. The molecule has 0 aromatic heterocycles. The van der Waals surface area contributed by atoms with Crippen molar-refractivity contribution in [3.05, 3.63) is 58.6 Å². The molecule has 2 aromatic rings. The molecule has 1 aliphatic heterocycles. The molecule has 0 aliphatic carbocycles. The summed E-state index contributed by atoms with van der Waals surface area (Å²) in [6.07, 6.45) is 0.552. The molecule has 1 unspecified atom stereocenters. The van der Waals surface area contributed by atoms with Crippen LogP contribution in [0.4, 0.5) is 5.69 Å². The lowest BCUT2D eigenvalue weighted by molar-refractivity contribution is 0.112. The number of β-amino-alcohol motifs (C(OH)–C–C–N with tert-alkyl or cyclic N) is 1. The predicted octanol–water partition coefficient (Wildman–Crippen LogP) is 3.67. The number of benzene rings is 2. The Morgan fingerprint density at radius 3 is 2.64 bits per heavy atom. The minimum atomic E-state index is -0.500. The van der Waals surface area contributed by atoms with Crippen LogP contribution in [0.5, 0.6) is 5.75 Å². The van der Waals surface area contributed by atoms with Gasteiger partial charge in [-0.05, 0) is 42.3 Å². The van der Waals surface area contributed by atoms with Crippen molar-refractivity contribution in [3.8, 4) is 5.75 Å². The van der Waals surface area contributed by atoms with Crippen LogP contribution in [0, 0.1) is 0 Å². The largest absolute Gasteiger partial charge is 0.491 e. The lowest BCUT2D eigenvalue weighted by atomic mass is 10.2. The lowest BCUT2D eigenvalue weighted by Gasteiger charge is -2.23. The van der Waals surface area contributed by atoms with Gasteiger partial charge in [0.1, 0.15) is 18.5 Å². The third kappa shape index (κ3) is 4.15. The van der Waals surface area contributed by atoms with E-state index in [9.17, 15) is 5.11 Å². The van der Waals surface area contributed by atoms with E-state index in [1.54, 1.807) is 0 Å². The standard InChI is InChI=1S/C17H18BrNO2.ClH/c18-14-5-7-16(8-6-14)21-12-15(20)11-19-10-9-13-3-1-2-4-17(13)19;/h1-8,15,20H,9-12H2;1H. The van der Waals surface area contributed by atoms with Crippen molar-refractivity contribution >= 4 is 34.0 Å². The minimum Gasteiger partial charge on any atom is -0.491 e. The van der Waals surface area contributed by atoms with E-state index in [1.165, 1.54) is 11.3 Å². The van der Waals surface area contributed by atoms with Crippen LogP contribution in [-0.4, -0.2) is 30.9 Å². The van der Waals surface area contributed by atoms with Gasteiger partial charge in [0, 0.05) is 23.2 Å². The number of aliphatic hydroxyl groups excluding tert-OH is 1. The lowest BCUT2D eigenvalue weighted by Crippen LogP contribution is -2.34. The first kappa shape index (κ1) is 17.1. The summed E-state index contributed by atoms with van der Waals surface area (Å²) in [5, 5.41) is 10.2. The zero-order valence-corrected chi connectivity index (χ0v) is 14.5. The van der Waals surface area contributed by atoms with Crippen molar-refractivity contribution in [2.45, 2.75) is 12.5 Å². The Labute approximate surface area is 145 Å². The van der Waals surface area contributed by atoms with E-state index in [0.717, 1.165) is 23.2 Å². The Balaban J connectivity index is 0.00000176. The molecule has 0 bridgehead atoms. The van der Waals surface area contributed by atoms with Crippen molar-refractivity contribution < 1.29 is 9.84 Å². The van der Waals surface area contributed by atoms with Crippen LogP contribution in [0.25, 0.3) is 0 Å². The topological polar surface area (TPSA) is 32.7 Å². The van der Waals surface area contributed by atoms with Gasteiger partial charge in [0.15, 0.2) is 0 Å². The Morgan fingerprint density at radius 2 is 1.86 bits per heavy atom. The molecule has 0 spiro atoms. The second-order valence-corrected chi connectivity index (χ2v) is 6.16. The average Bonchev–Trinajstić information content (AvgIpc) is 2.90. The van der Waals surface area contributed by atoms with E-state index in [1.807, 2.05) is 30.3 Å². The number of halogens is 2. The smallest absolute Gasteiger partial charge is 0.119 e. The number of anilines is 1. The zero-order chi connectivity index (χ0) is 14.7. The van der Waals surface area contributed by atoms with Gasteiger partial charge >= 0.3 is 0 Å². The van der Waals surface area contributed by atoms with Gasteiger partial charge in [-0.1, -0.05) is 34.1 Å². The SMILES string of the molecule is Cl.OC(COc1ccc(Br)cc1)CN1CCc2ccccc21. The summed E-state index contributed by atoms with van der Waals surface area (Å²) >= 11 is 3.39. The van der Waals surface area contributed by atoms with Crippen molar-refractivity contribution in [2.75, 3.05) is 24.6 Å². The second kappa shape index (κ2) is 7.86. The number of hydrogen-bond acceptors (Lipinski definition) is 3. The number of fused-ring (bicyclic) bond motifs is 1. The number of ether oxygens (including phenoxy) is 1. The molecule has 22 heavy (non-hydrogen) atoms. The molecular formula is C17H19BrClNO2. The second-order valence-electron chi connectivity index (χ2n) is 5.24. The molecule has 0 fully saturated rings. The van der Waals surface area contributed by atoms with Crippen LogP contribution in [0.3, 0.4) is 0 Å². The summed E-state index contributed by atoms with van der Waals surface area (Å²) < 4.78 is 6.64. The van der Waals surface area contributed by atoms with Crippen molar-refractivity contribution in [2.24, 2.45) is 0 Å². The van der Waals surface area contributed by atoms with E-state index in [0.29, 0.717) is 13.2 Å². The molecule has 3 nitrogen and oxygen atoms in total. The highest BCUT2D eigenvalue weighted by atomic mass is 79.9. The molecule has 0 saturated carbocycles. The van der Waals surface area contributed by atoms with Gasteiger partial charge in [-0.2, -0.15) is 0 Å². The van der Waals surface area contributed by atoms with Gasteiger partial charge in [0.25, 0.3) is 0 Å². The maximum absolute atomic E-state index is 10.2. The van der Waals surface area contributed by atoms with Crippen LogP contribution in [0.15, 0.2) is 53.0 Å². The zero-order valence-electron chi connectivity index (χ0n) is 12.1. The van der Waals surface area contributed by atoms with E-state index in [2.05, 4.69) is 39.0 Å². The molecule has 1 aliphatic rings. The van der Waals surface area contributed by atoms with Crippen molar-refractivity contribution in [3.63, 3.8) is 0 Å². The summed E-state index contributed by atoms with van der Waals surface area (Å²) in [6.45, 7) is 1.88. The molecule has 1 N–H and O–H groups in total. The number of hydrogen-bond donors (Lipinski definition) is 1. The normalized spacial score (nSPS) is 14.2. The van der Waals surface area contributed by atoms with Crippen LogP contribution < -0.4 is 9.64 Å². The summed E-state index contributed by atoms with van der Waals surface area (Å²) in [5.41, 5.74) is 2.60. The molecule has 0 amide bonds. The van der Waals surface area contributed by atoms with Gasteiger partial charge < -0.3 is 14.7 Å². The summed E-state index contributed by atoms with van der Waals surface area (Å²) in [4.78, 5) is 2.23. The molecule has 3 rings (SSSR count). The van der Waals surface area contributed by atoms with E-state index in [-0.39, 0.29) is 12.4 Å². The molecule has 1 atom stereocenters. The van der Waals surface area contributed by atoms with Crippen LogP contribution in [0.1, 0.15) is 5.56 Å². The minimum absolute atomic E-state index is 0. The van der Waals surface area contributed by atoms with E-state index < -0.39 is 6.10 Å². The highest BCUT2D eigenvalue weighted by molar-refractivity contribution is 9.10. The van der Waals surface area contributed by atoms with Gasteiger partial charge in [-0.3, -0.25) is 0 Å². The highest BCUT2D eigenvalue weighted by Gasteiger charge is 2.20. The van der Waals surface area contributed by atoms with Crippen LogP contribution in [-0.2, 0) is 6.42 Å². The Morgan fingerprint density at radius 1 is 1.14 bits per heavy atom. The van der Waals surface area contributed by atoms with Crippen LogP contribution in [0.2, 0.25) is 0 Å². The quantitative estimate of drug-likeness (QED) is 0.854. The maximum atomic E-state index is 10.2. The third-order valence-corrected chi connectivity index (χ3v) is 4.20. The Hall–Kier alpha value is -1.23. The summed E-state index contributed by atoms with van der Waals surface area (Å²) in [5.74, 6) is 0.777. The maximum Gasteiger partial charge on any atom is 0.119 e. The monoisotopic (exact) mass is 383 g/mol. The van der Waals surface area contributed by atoms with Crippen molar-refractivity contribution in [1.29, 1.82) is 0 Å². The first-order valence-corrected chi connectivity index (χ1v) is 7.91. The van der Waals surface area contributed by atoms with E-state index in [4.69, 9.17) is 4.74 Å². The fraction of sp³-hybridized carbons (Fsp3) is 0.294. The summed E-state index contributed by atoms with van der Waals surface area (Å²) in [6, 6.07) is 16.0. The number of para-hydroxylation sites is 1. The fourth-order valence-electron chi connectivity index (χ4n) is 2.63. The molecule has 1 heterocycles. The molecule has 0 saturated heterocycles. The predicted molar refractivity (Wildman–Crippen MR) is 95.3 cm³/mol. The van der Waals surface area contributed by atoms with Gasteiger partial charge in [0.2, 0.25) is 0 Å². The Bertz CT molecular complexity index is 606. The number of aliphatic hydroxyl groups is 1. The molecular weight excluding hydrogens is 366 g/mol. The first-order chi connectivity index (χ1) is 10.2. The van der Waals surface area contributed by atoms with Gasteiger partial charge in [0.05, 0.1) is 0 Å². The van der Waals surface area contributed by atoms with Gasteiger partial charge in [-0.15, -0.1) is 12.4 Å². The summed E-state index contributed by atoms with van der Waals surface area (Å²) in [7, 11) is 0. The molecule has 118 valence electrons. The average molecular weight is 385 g/mol. The van der Waals surface area contributed by atoms with Crippen LogP contribution >= 0.6 is 28.3 Å². The molecule has 5 heteroatoms. The van der Waals surface area contributed by atoms with E-state index >= 15 is 0 Å². The van der Waals surface area contributed by atoms with Gasteiger partial charge in [-0.25, -0.2) is 0 Å². The Kier molecular flexibility index (Phi) is 6.12. The number of nitrogens with zero attached hydrogens (tertiary/aromatic N) is 1.